The van der Waals surface area contributed by atoms with Crippen molar-refractivity contribution in [2.75, 3.05) is 5.73 Å². The molecule has 0 saturated heterocycles. The van der Waals surface area contributed by atoms with Crippen molar-refractivity contribution in [3.63, 3.8) is 0 Å². The summed E-state index contributed by atoms with van der Waals surface area (Å²) in [6, 6.07) is 5.93. The van der Waals surface area contributed by atoms with E-state index in [2.05, 4.69) is 4.74 Å². The van der Waals surface area contributed by atoms with Crippen LogP contribution in [0.15, 0.2) is 36.4 Å². The molecular formula is C28H13F12NO5. The van der Waals surface area contributed by atoms with E-state index in [0.717, 1.165) is 24.3 Å². The number of Topliss-reactive ketones (excluding diaryl/α,β-unsaturated/α-hetero) is 2. The number of carbonyl (C=O) groups excluding carboxylic acids is 4. The summed E-state index contributed by atoms with van der Waals surface area (Å²) >= 11 is 0. The Hall–Kier alpha value is -4.90. The van der Waals surface area contributed by atoms with Gasteiger partial charge in [0, 0.05) is 16.8 Å². The van der Waals surface area contributed by atoms with E-state index in [1.54, 1.807) is 0 Å². The largest absolute Gasteiger partial charge is 0.418 e. The Morgan fingerprint density at radius 3 is 1.35 bits per heavy atom. The molecule has 0 bridgehead atoms. The molecular weight excluding hydrogens is 658 g/mol. The zero-order valence-corrected chi connectivity index (χ0v) is 22.3. The van der Waals surface area contributed by atoms with Crippen LogP contribution in [0.4, 0.5) is 58.4 Å². The van der Waals surface area contributed by atoms with Gasteiger partial charge in [-0.05, 0) is 36.2 Å². The van der Waals surface area contributed by atoms with Crippen LogP contribution < -0.4 is 5.73 Å². The summed E-state index contributed by atoms with van der Waals surface area (Å²) < 4.78 is 162. The summed E-state index contributed by atoms with van der Waals surface area (Å²) in [5.41, 5.74) is -8.49. The minimum Gasteiger partial charge on any atom is -0.399 e. The van der Waals surface area contributed by atoms with Crippen molar-refractivity contribution in [3.05, 3.63) is 86.5 Å². The Labute approximate surface area is 247 Å². The summed E-state index contributed by atoms with van der Waals surface area (Å²) in [6.45, 7) is 1.44. The molecule has 244 valence electrons. The van der Waals surface area contributed by atoms with E-state index in [0.29, 0.717) is 11.6 Å². The number of ketones is 2. The number of nitrogen functional groups attached to an aromatic ring is 1. The lowest BCUT2D eigenvalue weighted by atomic mass is 9.87. The third-order valence-corrected chi connectivity index (χ3v) is 6.66. The normalized spacial score (nSPS) is 15.0. The van der Waals surface area contributed by atoms with Crippen LogP contribution in [0.1, 0.15) is 75.7 Å². The third-order valence-electron chi connectivity index (χ3n) is 6.66. The number of ether oxygens (including phenoxy) is 1. The minimum absolute atomic E-state index is 0.170. The number of aryl methyl sites for hydroxylation is 1. The lowest BCUT2D eigenvalue weighted by molar-refractivity contribution is -0.142. The monoisotopic (exact) mass is 671 g/mol. The Morgan fingerprint density at radius 1 is 0.565 bits per heavy atom. The van der Waals surface area contributed by atoms with Crippen LogP contribution in [-0.2, 0) is 29.4 Å². The predicted octanol–water partition coefficient (Wildman–Crippen LogP) is 8.09. The quantitative estimate of drug-likeness (QED) is 0.121. The number of alkyl halides is 12. The van der Waals surface area contributed by atoms with Gasteiger partial charge in [0.2, 0.25) is 0 Å². The first kappa shape index (κ1) is 34.0. The maximum atomic E-state index is 13.3. The van der Waals surface area contributed by atoms with Crippen LogP contribution in [0.5, 0.6) is 0 Å². The number of nitrogens with two attached hydrogens (primary N) is 1. The van der Waals surface area contributed by atoms with Crippen LogP contribution in [0, 0.1) is 6.92 Å². The highest BCUT2D eigenvalue weighted by atomic mass is 19.4. The lowest BCUT2D eigenvalue weighted by Gasteiger charge is -2.18. The van der Waals surface area contributed by atoms with Crippen LogP contribution in [0.25, 0.3) is 11.1 Å². The van der Waals surface area contributed by atoms with E-state index in [1.165, 1.54) is 13.0 Å². The van der Waals surface area contributed by atoms with Crippen molar-refractivity contribution in [2.45, 2.75) is 38.0 Å². The summed E-state index contributed by atoms with van der Waals surface area (Å²) in [4.78, 5) is 46.4. The maximum absolute atomic E-state index is 13.3. The third kappa shape index (κ3) is 6.02. The van der Waals surface area contributed by atoms with Crippen molar-refractivity contribution < 1.29 is 76.6 Å². The molecule has 0 fully saturated rings. The van der Waals surface area contributed by atoms with Crippen LogP contribution >= 0.6 is 0 Å². The van der Waals surface area contributed by atoms with E-state index in [9.17, 15) is 71.9 Å². The number of carbonyl (C=O) groups is 4. The van der Waals surface area contributed by atoms with Gasteiger partial charge in [0.15, 0.2) is 11.6 Å². The molecule has 46 heavy (non-hydrogen) atoms. The smallest absolute Gasteiger partial charge is 0.399 e. The van der Waals surface area contributed by atoms with Gasteiger partial charge in [0.05, 0.1) is 39.8 Å². The standard InChI is InChI=1S/C15H11F6N.C13H2F6O5/c1-8-2-4-10(12(6-8)14(16,17)18)11-5-3-9(22)7-13(11)15(19,20)21;14-12(15,16)8-4-2(20)1-3(21)5(4)9(13(17,18)19)7-6(8)10(22)24-11(7)23/h2-7H,22H2,1H3;1H2. The van der Waals surface area contributed by atoms with Crippen LogP contribution in [0.3, 0.4) is 0 Å². The number of esters is 2. The topological polar surface area (TPSA) is 104 Å². The molecule has 1 heterocycles. The number of hydrogen-bond acceptors (Lipinski definition) is 6. The molecule has 18 heteroatoms. The molecule has 6 nitrogen and oxygen atoms in total. The molecule has 0 spiro atoms. The van der Waals surface area contributed by atoms with Gasteiger partial charge in [-0.15, -0.1) is 0 Å². The molecule has 0 aromatic heterocycles. The second kappa shape index (κ2) is 10.9. The number of fused-ring (bicyclic) bond motifs is 2. The van der Waals surface area contributed by atoms with E-state index in [4.69, 9.17) is 5.73 Å². The van der Waals surface area contributed by atoms with E-state index in [-0.39, 0.29) is 5.69 Å². The Bertz CT molecular complexity index is 1650. The molecule has 2 aliphatic rings. The van der Waals surface area contributed by atoms with Crippen LogP contribution in [-0.4, -0.2) is 23.5 Å². The summed E-state index contributed by atoms with van der Waals surface area (Å²) in [5.74, 6) is -6.93. The van der Waals surface area contributed by atoms with Gasteiger partial charge < -0.3 is 10.5 Å². The van der Waals surface area contributed by atoms with Gasteiger partial charge in [0.1, 0.15) is 0 Å². The number of benzene rings is 3. The Kier molecular flexibility index (Phi) is 8.03. The molecule has 5 rings (SSSR count). The number of hydrogen-bond donors (Lipinski definition) is 1. The fraction of sp³-hybridized carbons (Fsp3) is 0.214. The van der Waals surface area contributed by atoms with Gasteiger partial charge >= 0.3 is 36.6 Å². The lowest BCUT2D eigenvalue weighted by Crippen LogP contribution is -2.23. The van der Waals surface area contributed by atoms with Gasteiger partial charge in [-0.1, -0.05) is 23.8 Å². The van der Waals surface area contributed by atoms with Gasteiger partial charge in [-0.3, -0.25) is 9.59 Å². The maximum Gasteiger partial charge on any atom is 0.418 e. The molecule has 0 amide bonds. The Morgan fingerprint density at radius 2 is 0.957 bits per heavy atom. The number of cyclic esters (lactones) is 2. The fourth-order valence-corrected chi connectivity index (χ4v) is 4.95. The van der Waals surface area contributed by atoms with Gasteiger partial charge in [0.25, 0.3) is 0 Å². The summed E-state index contributed by atoms with van der Waals surface area (Å²) in [7, 11) is 0. The van der Waals surface area contributed by atoms with Gasteiger partial charge in [-0.25, -0.2) is 9.59 Å². The highest BCUT2D eigenvalue weighted by Gasteiger charge is 2.55. The number of anilines is 1. The highest BCUT2D eigenvalue weighted by Crippen LogP contribution is 2.49. The van der Waals surface area contributed by atoms with Crippen molar-refractivity contribution in [1.82, 2.24) is 0 Å². The van der Waals surface area contributed by atoms with E-state index < -0.39 is 110 Å². The molecule has 3 aromatic carbocycles. The molecule has 0 atom stereocenters. The van der Waals surface area contributed by atoms with Gasteiger partial charge in [-0.2, -0.15) is 52.7 Å². The SMILES string of the molecule is Cc1ccc(-c2ccc(N)cc2C(F)(F)F)c(C(F)(F)F)c1.O=C1CC(=O)c2c1c(C(F)(F)F)c1c(c2C(F)(F)F)C(=O)OC1=O. The highest BCUT2D eigenvalue weighted by molar-refractivity contribution is 6.29. The number of halogens is 12. The van der Waals surface area contributed by atoms with E-state index >= 15 is 0 Å². The average Bonchev–Trinajstić information content (AvgIpc) is 3.34. The first-order valence-electron chi connectivity index (χ1n) is 12.2. The molecule has 1 aliphatic carbocycles. The average molecular weight is 671 g/mol. The molecule has 0 saturated carbocycles. The molecule has 2 N–H and O–H groups in total. The van der Waals surface area contributed by atoms with Crippen molar-refractivity contribution in [3.8, 4) is 11.1 Å². The van der Waals surface area contributed by atoms with Crippen LogP contribution in [0.2, 0.25) is 0 Å². The first-order chi connectivity index (χ1) is 20.9. The van der Waals surface area contributed by atoms with E-state index in [1.807, 2.05) is 0 Å². The van der Waals surface area contributed by atoms with Crippen molar-refractivity contribution >= 4 is 29.2 Å². The zero-order valence-electron chi connectivity index (χ0n) is 22.3. The second-order valence-corrected chi connectivity index (χ2v) is 9.80. The fourth-order valence-electron chi connectivity index (χ4n) is 4.95. The molecule has 0 radical (unpaired) electrons. The predicted molar refractivity (Wildman–Crippen MR) is 131 cm³/mol. The summed E-state index contributed by atoms with van der Waals surface area (Å²) in [5, 5.41) is 0. The zero-order chi connectivity index (χ0) is 34.9. The second-order valence-electron chi connectivity index (χ2n) is 9.80. The molecule has 0 unspecified atom stereocenters. The summed E-state index contributed by atoms with van der Waals surface area (Å²) in [6.07, 6.45) is -21.7. The molecule has 3 aromatic rings. The number of rotatable bonds is 1. The Balaban J connectivity index is 0.000000210. The van der Waals surface area contributed by atoms with Crippen molar-refractivity contribution in [2.24, 2.45) is 0 Å². The first-order valence-corrected chi connectivity index (χ1v) is 12.2. The van der Waals surface area contributed by atoms with Crippen molar-refractivity contribution in [1.29, 1.82) is 0 Å². The molecule has 1 aliphatic heterocycles. The minimum atomic E-state index is -5.46.